The van der Waals surface area contributed by atoms with Crippen LogP contribution < -0.4 is 64.7 Å². The van der Waals surface area contributed by atoms with Gasteiger partial charge in [0.25, 0.3) is 5.56 Å². The fourth-order valence-corrected chi connectivity index (χ4v) is 2.75. The Morgan fingerprint density at radius 1 is 1.50 bits per heavy atom. The Labute approximate surface area is 155 Å². The first-order valence-electron chi connectivity index (χ1n) is 4.80. The molecule has 0 spiro atoms. The Hall–Kier alpha value is 0.310. The summed E-state index contributed by atoms with van der Waals surface area (Å²) in [7, 11) is 0. The average molecular weight is 286 g/mol. The number of carboxylic acid groups (broad SMARTS) is 1. The third kappa shape index (κ3) is 3.25. The monoisotopic (exact) mass is 286 g/mol. The maximum absolute atomic E-state index is 11.7. The third-order valence-electron chi connectivity index (χ3n) is 2.42. The number of fused-ring (bicyclic) bond motifs is 1. The van der Waals surface area contributed by atoms with Crippen LogP contribution in [0, 0.1) is 6.92 Å². The summed E-state index contributed by atoms with van der Waals surface area (Å²) in [4.78, 5) is 30.2. The zero-order valence-electron chi connectivity index (χ0n) is 12.8. The molecular weight excluding hydrogens is 274 g/mol. The first-order chi connectivity index (χ1) is 7.54. The van der Waals surface area contributed by atoms with Crippen LogP contribution in [0.25, 0.3) is 10.2 Å². The first-order valence-corrected chi connectivity index (χ1v) is 5.61. The van der Waals surface area contributed by atoms with Gasteiger partial charge in [0.2, 0.25) is 5.82 Å². The number of aromatic amines is 1. The molecule has 0 saturated carbocycles. The van der Waals surface area contributed by atoms with Crippen molar-refractivity contribution in [2.24, 2.45) is 0 Å². The molecule has 0 bridgehead atoms. The number of carboxylic acids is 1. The van der Waals surface area contributed by atoms with Gasteiger partial charge in [-0.3, -0.25) is 4.79 Å². The zero-order chi connectivity index (χ0) is 11.9. The molecule has 0 aliphatic heterocycles. The van der Waals surface area contributed by atoms with Crippen LogP contribution in [-0.4, -0.2) is 21.0 Å². The number of hydrogen-bond donors (Lipinski definition) is 2. The molecule has 2 aromatic heterocycles. The molecule has 0 atom stereocenters. The summed E-state index contributed by atoms with van der Waals surface area (Å²) in [5.41, 5.74) is 0.518. The van der Waals surface area contributed by atoms with E-state index < -0.39 is 5.97 Å². The summed E-state index contributed by atoms with van der Waals surface area (Å²) in [6, 6.07) is 0. The molecule has 0 saturated heterocycles. The number of hydrogen-bond acceptors (Lipinski definition) is 4. The minimum atomic E-state index is -1.22. The molecule has 18 heavy (non-hydrogen) atoms. The molecule has 88 valence electrons. The normalized spacial score (nSPS) is 9.67. The molecule has 0 fully saturated rings. The summed E-state index contributed by atoms with van der Waals surface area (Å²) >= 11 is 1.38. The van der Waals surface area contributed by atoms with E-state index in [9.17, 15) is 9.59 Å². The Morgan fingerprint density at radius 2 is 2.11 bits per heavy atom. The van der Waals surface area contributed by atoms with Crippen LogP contribution in [-0.2, 0) is 6.42 Å². The number of H-pyrrole nitrogens is 1. The fraction of sp³-hybridized carbons (Fsp3) is 0.300. The van der Waals surface area contributed by atoms with Gasteiger partial charge in [-0.1, -0.05) is 6.92 Å². The van der Waals surface area contributed by atoms with E-state index in [1.807, 2.05) is 13.8 Å². The number of nitrogens with zero attached hydrogens (tertiary/aromatic N) is 1. The Balaban J connectivity index is -0.000000722. The number of thiophene rings is 1. The Bertz CT molecular complexity index is 645. The number of aryl methyl sites for hydroxylation is 2. The number of carbonyl (C=O) groups is 1. The van der Waals surface area contributed by atoms with Crippen molar-refractivity contribution in [1.29, 1.82) is 0 Å². The van der Waals surface area contributed by atoms with Crippen molar-refractivity contribution in [3.63, 3.8) is 0 Å². The molecule has 2 N–H and O–H groups in total. The van der Waals surface area contributed by atoms with Crippen molar-refractivity contribution in [1.82, 2.24) is 9.97 Å². The van der Waals surface area contributed by atoms with Crippen LogP contribution in [0.2, 0.25) is 0 Å². The van der Waals surface area contributed by atoms with Crippen molar-refractivity contribution in [2.45, 2.75) is 20.3 Å². The Kier molecular flexibility index (Phi) is 7.31. The van der Waals surface area contributed by atoms with E-state index in [-0.39, 0.29) is 73.4 Å². The van der Waals surface area contributed by atoms with Crippen molar-refractivity contribution in [3.05, 3.63) is 26.6 Å². The van der Waals surface area contributed by atoms with E-state index in [0.29, 0.717) is 10.2 Å². The zero-order valence-corrected chi connectivity index (χ0v) is 15.6. The van der Waals surface area contributed by atoms with Gasteiger partial charge in [-0.2, -0.15) is 0 Å². The second-order valence-electron chi connectivity index (χ2n) is 3.40. The summed E-state index contributed by atoms with van der Waals surface area (Å²) in [6.07, 6.45) is 0.814. The summed E-state index contributed by atoms with van der Waals surface area (Å²) < 4.78 is 0. The van der Waals surface area contributed by atoms with Gasteiger partial charge in [0.15, 0.2) is 0 Å². The van der Waals surface area contributed by atoms with Gasteiger partial charge in [0.1, 0.15) is 4.83 Å². The van der Waals surface area contributed by atoms with Gasteiger partial charge in [0.05, 0.1) is 5.39 Å². The maximum atomic E-state index is 11.7. The largest absolute Gasteiger partial charge is 1.00 e. The minimum absolute atomic E-state index is 0. The van der Waals surface area contributed by atoms with Gasteiger partial charge >= 0.3 is 65.1 Å². The molecule has 2 rings (SSSR count). The molecule has 0 amide bonds. The van der Waals surface area contributed by atoms with E-state index >= 15 is 0 Å². The van der Waals surface area contributed by atoms with E-state index in [4.69, 9.17) is 5.11 Å². The first kappa shape index (κ1) is 18.3. The Morgan fingerprint density at radius 3 is 2.61 bits per heavy atom. The minimum Gasteiger partial charge on any atom is -1.00 e. The summed E-state index contributed by atoms with van der Waals surface area (Å²) in [6.45, 7) is 3.85. The number of aromatic nitrogens is 2. The SMILES string of the molecule is CCc1sc2nc(C(=O)O)[nH]c(=O)c2c1C.[H-].[H-].[Na+].[Na+]. The van der Waals surface area contributed by atoms with E-state index in [1.165, 1.54) is 11.3 Å². The van der Waals surface area contributed by atoms with Gasteiger partial charge in [-0.05, 0) is 18.9 Å². The van der Waals surface area contributed by atoms with Crippen molar-refractivity contribution < 1.29 is 71.9 Å². The molecule has 2 aromatic rings. The molecule has 0 aromatic carbocycles. The average Bonchev–Trinajstić information content (AvgIpc) is 2.55. The van der Waals surface area contributed by atoms with Gasteiger partial charge in [-0.25, -0.2) is 9.78 Å². The maximum Gasteiger partial charge on any atom is 1.00 e. The molecule has 5 nitrogen and oxygen atoms in total. The van der Waals surface area contributed by atoms with Crippen LogP contribution in [0.15, 0.2) is 4.79 Å². The molecule has 8 heteroatoms. The van der Waals surface area contributed by atoms with Crippen molar-refractivity contribution >= 4 is 27.5 Å². The quantitative estimate of drug-likeness (QED) is 0.548. The summed E-state index contributed by atoms with van der Waals surface area (Å²) in [5, 5.41) is 9.28. The van der Waals surface area contributed by atoms with Gasteiger partial charge < -0.3 is 12.9 Å². The number of aromatic carboxylic acids is 1. The van der Waals surface area contributed by atoms with E-state index in [0.717, 1.165) is 16.9 Å². The van der Waals surface area contributed by atoms with E-state index in [1.54, 1.807) is 0 Å². The van der Waals surface area contributed by atoms with Crippen LogP contribution in [0.4, 0.5) is 0 Å². The number of rotatable bonds is 2. The topological polar surface area (TPSA) is 83.0 Å². The van der Waals surface area contributed by atoms with Crippen molar-refractivity contribution in [3.8, 4) is 0 Å². The second-order valence-corrected chi connectivity index (χ2v) is 4.49. The smallest absolute Gasteiger partial charge is 1.00 e. The molecule has 0 unspecified atom stereocenters. The van der Waals surface area contributed by atoms with Gasteiger partial charge in [0, 0.05) is 4.88 Å². The molecule has 0 radical (unpaired) electrons. The third-order valence-corrected chi connectivity index (χ3v) is 3.75. The van der Waals surface area contributed by atoms with Crippen LogP contribution in [0.3, 0.4) is 0 Å². The molecular formula is C10H12N2Na2O3S. The fourth-order valence-electron chi connectivity index (χ4n) is 1.63. The standard InChI is InChI=1S/C10H10N2O3S.2Na.2H/c1-3-5-4(2)6-8(13)11-7(10(14)15)12-9(6)16-5;;;;/h3H2,1-2H3,(H,14,15)(H,11,12,13);;;;/q;2*+1;2*-1. The molecule has 0 aliphatic rings. The number of nitrogens with one attached hydrogen (secondary N) is 1. The second kappa shape index (κ2) is 7.19. The molecule has 0 aliphatic carbocycles. The van der Waals surface area contributed by atoms with Crippen molar-refractivity contribution in [2.75, 3.05) is 0 Å². The predicted molar refractivity (Wildman–Crippen MR) is 63.5 cm³/mol. The predicted octanol–water partition coefficient (Wildman–Crippen LogP) is -4.21. The van der Waals surface area contributed by atoms with Crippen LogP contribution in [0.5, 0.6) is 0 Å². The summed E-state index contributed by atoms with van der Waals surface area (Å²) in [5.74, 6) is -1.52. The molecule has 2 heterocycles. The van der Waals surface area contributed by atoms with E-state index in [2.05, 4.69) is 9.97 Å². The van der Waals surface area contributed by atoms with Crippen LogP contribution in [0.1, 0.15) is 30.8 Å². The van der Waals surface area contributed by atoms with Gasteiger partial charge in [-0.15, -0.1) is 11.3 Å². The van der Waals surface area contributed by atoms with Crippen LogP contribution >= 0.6 is 11.3 Å².